The number of carbonyl (C=O) groups is 1. The minimum atomic E-state index is -0.176. The van der Waals surface area contributed by atoms with Gasteiger partial charge in [-0.2, -0.15) is 0 Å². The monoisotopic (exact) mass is 423 g/mol. The van der Waals surface area contributed by atoms with E-state index in [-0.39, 0.29) is 23.9 Å². The summed E-state index contributed by atoms with van der Waals surface area (Å²) in [5.74, 6) is 2.28. The van der Waals surface area contributed by atoms with Crippen molar-refractivity contribution in [3.8, 4) is 11.5 Å². The van der Waals surface area contributed by atoms with Crippen molar-refractivity contribution < 1.29 is 19.0 Å². The molecule has 0 spiro atoms. The molecule has 2 aromatic heterocycles. The van der Waals surface area contributed by atoms with Crippen LogP contribution >= 0.6 is 0 Å². The minimum absolute atomic E-state index is 0.0202. The zero-order valence-corrected chi connectivity index (χ0v) is 17.5. The van der Waals surface area contributed by atoms with Crippen molar-refractivity contribution >= 4 is 22.8 Å². The summed E-state index contributed by atoms with van der Waals surface area (Å²) in [6.45, 7) is 6.49. The Bertz CT molecular complexity index is 1110. The number of H-pyrrole nitrogens is 1. The number of aromatic nitrogens is 3. The van der Waals surface area contributed by atoms with E-state index in [4.69, 9.17) is 14.2 Å². The summed E-state index contributed by atoms with van der Waals surface area (Å²) in [5, 5.41) is 7.24. The highest BCUT2D eigenvalue weighted by atomic mass is 16.6. The van der Waals surface area contributed by atoms with E-state index >= 15 is 0 Å². The van der Waals surface area contributed by atoms with Gasteiger partial charge in [0.1, 0.15) is 36.7 Å². The first-order valence-corrected chi connectivity index (χ1v) is 10.5. The van der Waals surface area contributed by atoms with Gasteiger partial charge in [0, 0.05) is 0 Å². The van der Waals surface area contributed by atoms with Crippen LogP contribution in [0.5, 0.6) is 11.5 Å². The zero-order valence-electron chi connectivity index (χ0n) is 17.5. The van der Waals surface area contributed by atoms with Gasteiger partial charge in [-0.05, 0) is 29.7 Å². The molecule has 31 heavy (non-hydrogen) atoms. The number of benzene rings is 1. The highest BCUT2D eigenvalue weighted by Crippen LogP contribution is 2.36. The summed E-state index contributed by atoms with van der Waals surface area (Å²) < 4.78 is 16.5. The van der Waals surface area contributed by atoms with Gasteiger partial charge >= 0.3 is 0 Å². The quantitative estimate of drug-likeness (QED) is 0.559. The van der Waals surface area contributed by atoms with Gasteiger partial charge < -0.3 is 29.8 Å². The molecule has 1 atom stereocenters. The summed E-state index contributed by atoms with van der Waals surface area (Å²) in [6.07, 6.45) is 1.49. The number of anilines is 1. The minimum Gasteiger partial charge on any atom is -0.486 e. The van der Waals surface area contributed by atoms with Gasteiger partial charge in [0.25, 0.3) is 5.91 Å². The predicted molar refractivity (Wildman–Crippen MR) is 115 cm³/mol. The predicted octanol–water partition coefficient (Wildman–Crippen LogP) is 2.67. The van der Waals surface area contributed by atoms with Gasteiger partial charge in [-0.3, -0.25) is 4.79 Å². The second-order valence-electron chi connectivity index (χ2n) is 8.14. The number of aromatic amines is 1. The molecule has 5 rings (SSSR count). The standard InChI is InChI=1S/C22H25N5O4/c1-12(2)19(13-3-4-17-18(7-13)31-6-5-30-17)27-21-15-8-16(26-20(15)23-11-24-21)22(28)25-14-9-29-10-14/h3-4,7-8,11-12,14,19H,5-6,9-10H2,1-2H3,(H,25,28)(H2,23,24,26,27)/t19-/m1/s1. The number of fused-ring (bicyclic) bond motifs is 2. The van der Waals surface area contributed by atoms with Crippen molar-refractivity contribution in [2.24, 2.45) is 5.92 Å². The number of carbonyl (C=O) groups excluding carboxylic acids is 1. The molecule has 4 heterocycles. The fourth-order valence-electron chi connectivity index (χ4n) is 3.79. The van der Waals surface area contributed by atoms with E-state index in [0.717, 1.165) is 22.4 Å². The lowest BCUT2D eigenvalue weighted by atomic mass is 9.95. The van der Waals surface area contributed by atoms with E-state index in [0.29, 0.717) is 43.6 Å². The van der Waals surface area contributed by atoms with Crippen LogP contribution in [0.4, 0.5) is 5.82 Å². The molecule has 3 N–H and O–H groups in total. The molecular weight excluding hydrogens is 398 g/mol. The van der Waals surface area contributed by atoms with Crippen molar-refractivity contribution in [3.63, 3.8) is 0 Å². The van der Waals surface area contributed by atoms with Crippen LogP contribution in [-0.4, -0.2) is 53.3 Å². The largest absolute Gasteiger partial charge is 0.486 e. The van der Waals surface area contributed by atoms with Crippen LogP contribution in [0.25, 0.3) is 11.0 Å². The highest BCUT2D eigenvalue weighted by molar-refractivity contribution is 6.00. The molecule has 0 unspecified atom stereocenters. The number of nitrogens with zero attached hydrogens (tertiary/aromatic N) is 2. The van der Waals surface area contributed by atoms with E-state index in [2.05, 4.69) is 39.4 Å². The molecular formula is C22H25N5O4. The molecule has 162 valence electrons. The van der Waals surface area contributed by atoms with E-state index in [1.807, 2.05) is 18.2 Å². The first-order chi connectivity index (χ1) is 15.1. The van der Waals surface area contributed by atoms with E-state index in [1.54, 1.807) is 6.07 Å². The molecule has 1 fully saturated rings. The SMILES string of the molecule is CC(C)[C@@H](Nc1ncnc2[nH]c(C(=O)NC3COC3)cc12)c1ccc2c(c1)OCCO2. The topological polar surface area (TPSA) is 110 Å². The lowest BCUT2D eigenvalue weighted by molar-refractivity contribution is -0.00353. The van der Waals surface area contributed by atoms with Crippen molar-refractivity contribution in [1.29, 1.82) is 0 Å². The molecule has 1 saturated heterocycles. The summed E-state index contributed by atoms with van der Waals surface area (Å²) in [4.78, 5) is 24.4. The van der Waals surface area contributed by atoms with Gasteiger partial charge in [-0.15, -0.1) is 0 Å². The van der Waals surface area contributed by atoms with E-state index < -0.39 is 0 Å². The normalized spacial score (nSPS) is 16.7. The summed E-state index contributed by atoms with van der Waals surface area (Å²) in [5.41, 5.74) is 2.13. The lowest BCUT2D eigenvalue weighted by Crippen LogP contribution is -2.48. The Hall–Kier alpha value is -3.33. The maximum Gasteiger partial charge on any atom is 0.268 e. The van der Waals surface area contributed by atoms with Crippen LogP contribution in [0.2, 0.25) is 0 Å². The fraction of sp³-hybridized carbons (Fsp3) is 0.409. The molecule has 3 aromatic rings. The molecule has 0 radical (unpaired) electrons. The van der Waals surface area contributed by atoms with Crippen LogP contribution < -0.4 is 20.1 Å². The number of hydrogen-bond donors (Lipinski definition) is 3. The Morgan fingerprint density at radius 1 is 1.13 bits per heavy atom. The maximum atomic E-state index is 12.5. The molecule has 9 nitrogen and oxygen atoms in total. The third-order valence-electron chi connectivity index (χ3n) is 5.53. The summed E-state index contributed by atoms with van der Waals surface area (Å²) >= 11 is 0. The Kier molecular flexibility index (Phi) is 5.11. The van der Waals surface area contributed by atoms with Gasteiger partial charge in [0.15, 0.2) is 11.5 Å². The molecule has 1 aromatic carbocycles. The summed E-state index contributed by atoms with van der Waals surface area (Å²) in [7, 11) is 0. The second kappa shape index (κ2) is 8.07. The molecule has 0 aliphatic carbocycles. The fourth-order valence-corrected chi connectivity index (χ4v) is 3.79. The van der Waals surface area contributed by atoms with Crippen LogP contribution in [0, 0.1) is 5.92 Å². The first-order valence-electron chi connectivity index (χ1n) is 10.5. The number of amides is 1. The molecule has 0 saturated carbocycles. The first kappa shape index (κ1) is 19.6. The Balaban J connectivity index is 1.43. The van der Waals surface area contributed by atoms with Crippen molar-refractivity contribution in [2.45, 2.75) is 25.9 Å². The third-order valence-corrected chi connectivity index (χ3v) is 5.53. The Morgan fingerprint density at radius 3 is 2.68 bits per heavy atom. The number of nitrogens with one attached hydrogen (secondary N) is 3. The lowest BCUT2D eigenvalue weighted by Gasteiger charge is -2.26. The van der Waals surface area contributed by atoms with Gasteiger partial charge in [-0.1, -0.05) is 19.9 Å². The molecule has 0 bridgehead atoms. The zero-order chi connectivity index (χ0) is 21.4. The van der Waals surface area contributed by atoms with Crippen LogP contribution in [0.1, 0.15) is 35.9 Å². The number of hydrogen-bond acceptors (Lipinski definition) is 7. The van der Waals surface area contributed by atoms with Gasteiger partial charge in [0.05, 0.1) is 30.7 Å². The average Bonchev–Trinajstić information content (AvgIpc) is 3.19. The Labute approximate surface area is 179 Å². The second-order valence-corrected chi connectivity index (χ2v) is 8.14. The van der Waals surface area contributed by atoms with Crippen molar-refractivity contribution in [3.05, 3.63) is 41.9 Å². The van der Waals surface area contributed by atoms with Crippen LogP contribution in [0.15, 0.2) is 30.6 Å². The van der Waals surface area contributed by atoms with Crippen LogP contribution in [0.3, 0.4) is 0 Å². The van der Waals surface area contributed by atoms with Crippen LogP contribution in [-0.2, 0) is 4.74 Å². The smallest absolute Gasteiger partial charge is 0.268 e. The van der Waals surface area contributed by atoms with E-state index in [1.165, 1.54) is 6.33 Å². The van der Waals surface area contributed by atoms with Gasteiger partial charge in [-0.25, -0.2) is 9.97 Å². The van der Waals surface area contributed by atoms with Crippen molar-refractivity contribution in [1.82, 2.24) is 20.3 Å². The molecule has 2 aliphatic heterocycles. The third kappa shape index (κ3) is 3.88. The average molecular weight is 423 g/mol. The van der Waals surface area contributed by atoms with Gasteiger partial charge in [0.2, 0.25) is 0 Å². The van der Waals surface area contributed by atoms with E-state index in [9.17, 15) is 4.79 Å². The molecule has 2 aliphatic rings. The van der Waals surface area contributed by atoms with Crippen molar-refractivity contribution in [2.75, 3.05) is 31.7 Å². The Morgan fingerprint density at radius 2 is 1.94 bits per heavy atom. The highest BCUT2D eigenvalue weighted by Gasteiger charge is 2.24. The summed E-state index contributed by atoms with van der Waals surface area (Å²) in [6, 6.07) is 7.82. The maximum absolute atomic E-state index is 12.5. The molecule has 1 amide bonds. The molecule has 9 heteroatoms. The number of rotatable bonds is 6. The number of ether oxygens (including phenoxy) is 3.